The van der Waals surface area contributed by atoms with Gasteiger partial charge in [-0.3, -0.25) is 4.90 Å². The van der Waals surface area contributed by atoms with Crippen LogP contribution in [0.1, 0.15) is 18.1 Å². The van der Waals surface area contributed by atoms with Crippen molar-refractivity contribution in [3.63, 3.8) is 0 Å². The fraction of sp³-hybridized carbons (Fsp3) is 0.611. The quantitative estimate of drug-likeness (QED) is 0.864. The molecule has 0 radical (unpaired) electrons. The number of alkyl halides is 3. The van der Waals surface area contributed by atoms with Crippen molar-refractivity contribution >= 4 is 11.8 Å². The van der Waals surface area contributed by atoms with Crippen LogP contribution in [0.5, 0.6) is 0 Å². The first-order valence-electron chi connectivity index (χ1n) is 9.00. The molecule has 1 aromatic rings. The Morgan fingerprint density at radius 3 is 2.52 bits per heavy atom. The number of amides is 1. The van der Waals surface area contributed by atoms with Crippen molar-refractivity contribution in [2.75, 3.05) is 50.8 Å². The highest BCUT2D eigenvalue weighted by molar-refractivity contribution is 5.65. The number of carbonyl (C=O) groups is 1. The highest BCUT2D eigenvalue weighted by Gasteiger charge is 2.35. The molecule has 2 fully saturated rings. The van der Waals surface area contributed by atoms with Crippen LogP contribution in [-0.2, 0) is 17.5 Å². The summed E-state index contributed by atoms with van der Waals surface area (Å²) in [6.07, 6.45) is -5.43. The van der Waals surface area contributed by atoms with E-state index in [0.29, 0.717) is 51.6 Å². The molecule has 1 amide bonds. The fourth-order valence-electron chi connectivity index (χ4n) is 3.69. The molecule has 0 aliphatic carbocycles. The third kappa shape index (κ3) is 4.65. The monoisotopic (exact) mass is 387 g/mol. The molecule has 2 aliphatic heterocycles. The maximum atomic E-state index is 13.6. The number of hydrogen-bond donors (Lipinski definition) is 1. The number of anilines is 1. The van der Waals surface area contributed by atoms with E-state index in [0.717, 1.165) is 0 Å². The second kappa shape index (κ2) is 7.93. The first kappa shape index (κ1) is 19.8. The topological polar surface area (TPSA) is 56.2 Å². The average molecular weight is 387 g/mol. The van der Waals surface area contributed by atoms with E-state index >= 15 is 0 Å². The van der Waals surface area contributed by atoms with Gasteiger partial charge in [-0.25, -0.2) is 4.79 Å². The van der Waals surface area contributed by atoms with Gasteiger partial charge < -0.3 is 19.6 Å². The lowest BCUT2D eigenvalue weighted by atomic mass is 10.0. The number of rotatable bonds is 3. The SMILES string of the molecule is C[C@@H]1CN(Cc2ccc(N3CCOCC3)cc2C(F)(F)F)CCN1C(=O)O. The Morgan fingerprint density at radius 2 is 1.93 bits per heavy atom. The molecule has 1 aromatic carbocycles. The van der Waals surface area contributed by atoms with Gasteiger partial charge in [0.25, 0.3) is 0 Å². The molecular formula is C18H24F3N3O3. The molecule has 150 valence electrons. The van der Waals surface area contributed by atoms with Gasteiger partial charge in [0.05, 0.1) is 18.8 Å². The van der Waals surface area contributed by atoms with Crippen LogP contribution < -0.4 is 4.90 Å². The summed E-state index contributed by atoms with van der Waals surface area (Å²) >= 11 is 0. The van der Waals surface area contributed by atoms with Gasteiger partial charge in [0.15, 0.2) is 0 Å². The van der Waals surface area contributed by atoms with Gasteiger partial charge in [-0.05, 0) is 24.6 Å². The summed E-state index contributed by atoms with van der Waals surface area (Å²) < 4.78 is 46.2. The zero-order valence-corrected chi connectivity index (χ0v) is 15.2. The minimum Gasteiger partial charge on any atom is -0.465 e. The zero-order chi connectivity index (χ0) is 19.6. The van der Waals surface area contributed by atoms with Gasteiger partial charge in [0.1, 0.15) is 0 Å². The number of halogens is 3. The molecule has 9 heteroatoms. The van der Waals surface area contributed by atoms with Crippen molar-refractivity contribution in [2.45, 2.75) is 25.7 Å². The van der Waals surface area contributed by atoms with Crippen LogP contribution >= 0.6 is 0 Å². The summed E-state index contributed by atoms with van der Waals surface area (Å²) in [6, 6.07) is 4.24. The third-order valence-electron chi connectivity index (χ3n) is 5.13. The third-order valence-corrected chi connectivity index (χ3v) is 5.13. The van der Waals surface area contributed by atoms with Gasteiger partial charge in [-0.2, -0.15) is 13.2 Å². The highest BCUT2D eigenvalue weighted by Crippen LogP contribution is 2.35. The van der Waals surface area contributed by atoms with Gasteiger partial charge in [0.2, 0.25) is 0 Å². The van der Waals surface area contributed by atoms with Crippen LogP contribution in [0.15, 0.2) is 18.2 Å². The molecule has 0 saturated carbocycles. The van der Waals surface area contributed by atoms with E-state index in [1.54, 1.807) is 19.1 Å². The van der Waals surface area contributed by atoms with Gasteiger partial charge in [-0.1, -0.05) is 6.07 Å². The lowest BCUT2D eigenvalue weighted by molar-refractivity contribution is -0.138. The summed E-state index contributed by atoms with van der Waals surface area (Å²) in [7, 11) is 0. The number of morpholine rings is 1. The number of ether oxygens (including phenoxy) is 1. The lowest BCUT2D eigenvalue weighted by Gasteiger charge is -2.38. The Morgan fingerprint density at radius 1 is 1.22 bits per heavy atom. The summed E-state index contributed by atoms with van der Waals surface area (Å²) in [5, 5.41) is 9.13. The summed E-state index contributed by atoms with van der Waals surface area (Å²) in [5.74, 6) is 0. The Labute approximate surface area is 156 Å². The van der Waals surface area contributed by atoms with Crippen molar-refractivity contribution in [1.82, 2.24) is 9.80 Å². The summed E-state index contributed by atoms with van der Waals surface area (Å²) in [4.78, 5) is 16.2. The zero-order valence-electron chi connectivity index (χ0n) is 15.2. The van der Waals surface area contributed by atoms with Crippen LogP contribution in [0.25, 0.3) is 0 Å². The largest absolute Gasteiger partial charge is 0.465 e. The normalized spacial score (nSPS) is 22.1. The Bertz CT molecular complexity index is 678. The molecule has 0 unspecified atom stereocenters. The van der Waals surface area contributed by atoms with Crippen LogP contribution in [-0.4, -0.2) is 73.0 Å². The predicted molar refractivity (Wildman–Crippen MR) is 93.9 cm³/mol. The minimum absolute atomic E-state index is 0.149. The molecule has 2 saturated heterocycles. The first-order chi connectivity index (χ1) is 12.8. The molecule has 1 atom stereocenters. The van der Waals surface area contributed by atoms with Crippen LogP contribution in [0.3, 0.4) is 0 Å². The number of benzene rings is 1. The average Bonchev–Trinajstić information content (AvgIpc) is 2.61. The van der Waals surface area contributed by atoms with Crippen LogP contribution in [0, 0.1) is 0 Å². The van der Waals surface area contributed by atoms with E-state index in [1.807, 2.05) is 9.80 Å². The Balaban J connectivity index is 1.77. The van der Waals surface area contributed by atoms with E-state index in [2.05, 4.69) is 0 Å². The van der Waals surface area contributed by atoms with Gasteiger partial charge in [-0.15, -0.1) is 0 Å². The molecule has 6 nitrogen and oxygen atoms in total. The molecule has 1 N–H and O–H groups in total. The van der Waals surface area contributed by atoms with Crippen molar-refractivity contribution in [3.05, 3.63) is 29.3 Å². The maximum absolute atomic E-state index is 13.6. The second-order valence-electron chi connectivity index (χ2n) is 7.00. The molecule has 3 rings (SSSR count). The molecule has 2 aliphatic rings. The number of piperazine rings is 1. The molecule has 27 heavy (non-hydrogen) atoms. The Hall–Kier alpha value is -2.00. The molecular weight excluding hydrogens is 363 g/mol. The van der Waals surface area contributed by atoms with Crippen LogP contribution in [0.4, 0.5) is 23.7 Å². The van der Waals surface area contributed by atoms with Crippen LogP contribution in [0.2, 0.25) is 0 Å². The fourth-order valence-corrected chi connectivity index (χ4v) is 3.69. The Kier molecular flexibility index (Phi) is 5.81. The van der Waals surface area contributed by atoms with E-state index in [9.17, 15) is 18.0 Å². The number of hydrogen-bond acceptors (Lipinski definition) is 4. The summed E-state index contributed by atoms with van der Waals surface area (Å²) in [6.45, 7) is 5.21. The number of nitrogens with zero attached hydrogens (tertiary/aromatic N) is 3. The molecule has 2 heterocycles. The van der Waals surface area contributed by atoms with Crippen molar-refractivity contribution in [1.29, 1.82) is 0 Å². The molecule has 0 bridgehead atoms. The molecule has 0 aromatic heterocycles. The van der Waals surface area contributed by atoms with E-state index in [1.165, 1.54) is 11.0 Å². The minimum atomic E-state index is -4.44. The van der Waals surface area contributed by atoms with Gasteiger partial charge >= 0.3 is 12.3 Å². The smallest absolute Gasteiger partial charge is 0.416 e. The maximum Gasteiger partial charge on any atom is 0.416 e. The standard InChI is InChI=1S/C18H24F3N3O3/c1-13-11-22(4-5-24(13)17(25)26)12-14-2-3-15(10-16(14)18(19,20)21)23-6-8-27-9-7-23/h2-3,10,13H,4-9,11-12H2,1H3,(H,25,26)/t13-/m1/s1. The number of carboxylic acid groups (broad SMARTS) is 1. The van der Waals surface area contributed by atoms with Crippen molar-refractivity contribution in [2.24, 2.45) is 0 Å². The predicted octanol–water partition coefficient (Wildman–Crippen LogP) is 2.73. The van der Waals surface area contributed by atoms with Crippen molar-refractivity contribution in [3.8, 4) is 0 Å². The van der Waals surface area contributed by atoms with E-state index < -0.39 is 17.8 Å². The first-order valence-corrected chi connectivity index (χ1v) is 9.00. The molecule has 0 spiro atoms. The van der Waals surface area contributed by atoms with E-state index in [-0.39, 0.29) is 18.2 Å². The second-order valence-corrected chi connectivity index (χ2v) is 7.00. The highest BCUT2D eigenvalue weighted by atomic mass is 19.4. The van der Waals surface area contributed by atoms with E-state index in [4.69, 9.17) is 9.84 Å². The van der Waals surface area contributed by atoms with Gasteiger partial charge in [0, 0.05) is 51.0 Å². The lowest BCUT2D eigenvalue weighted by Crippen LogP contribution is -2.53. The van der Waals surface area contributed by atoms with Crippen molar-refractivity contribution < 1.29 is 27.8 Å². The summed E-state index contributed by atoms with van der Waals surface area (Å²) in [5.41, 5.74) is 0.147.